The summed E-state index contributed by atoms with van der Waals surface area (Å²) < 4.78 is 5.54. The normalized spacial score (nSPS) is 17.7. The van der Waals surface area contributed by atoms with E-state index in [9.17, 15) is 0 Å². The molecule has 2 rings (SSSR count). The van der Waals surface area contributed by atoms with Crippen LogP contribution in [-0.2, 0) is 0 Å². The Morgan fingerprint density at radius 3 is 2.81 bits per heavy atom. The predicted octanol–water partition coefficient (Wildman–Crippen LogP) is 3.45. The summed E-state index contributed by atoms with van der Waals surface area (Å²) in [6, 6.07) is 8.31. The topological polar surface area (TPSA) is 48.9 Å². The van der Waals surface area contributed by atoms with Crippen molar-refractivity contribution < 1.29 is 4.74 Å². The molecule has 1 unspecified atom stereocenters. The van der Waals surface area contributed by atoms with Crippen molar-refractivity contribution in [1.29, 1.82) is 0 Å². The molecule has 1 fully saturated rings. The predicted molar refractivity (Wildman–Crippen MR) is 126 cm³/mol. The Morgan fingerprint density at radius 2 is 2.15 bits per heavy atom. The number of ether oxygens (including phenoxy) is 1. The van der Waals surface area contributed by atoms with Gasteiger partial charge >= 0.3 is 0 Å². The van der Waals surface area contributed by atoms with E-state index in [0.717, 1.165) is 37.9 Å². The summed E-state index contributed by atoms with van der Waals surface area (Å²) in [5.74, 6) is 2.43. The number of methoxy groups -OCH3 is 1. The third kappa shape index (κ3) is 7.06. The van der Waals surface area contributed by atoms with Crippen LogP contribution in [-0.4, -0.2) is 57.3 Å². The van der Waals surface area contributed by atoms with Crippen LogP contribution < -0.4 is 20.3 Å². The summed E-state index contributed by atoms with van der Waals surface area (Å²) in [5, 5.41) is 6.91. The molecule has 0 amide bonds. The highest BCUT2D eigenvalue weighted by molar-refractivity contribution is 14.0. The Kier molecular flexibility index (Phi) is 9.92. The van der Waals surface area contributed by atoms with Gasteiger partial charge in [-0.3, -0.25) is 4.99 Å². The number of nitrogens with zero attached hydrogens (tertiary/aromatic N) is 2. The van der Waals surface area contributed by atoms with E-state index in [1.165, 1.54) is 12.1 Å². The third-order valence-electron chi connectivity index (χ3n) is 4.72. The maximum Gasteiger partial charge on any atom is 0.191 e. The van der Waals surface area contributed by atoms with Crippen molar-refractivity contribution in [2.24, 2.45) is 10.9 Å². The smallest absolute Gasteiger partial charge is 0.191 e. The summed E-state index contributed by atoms with van der Waals surface area (Å²) in [5.41, 5.74) is 1.24. The summed E-state index contributed by atoms with van der Waals surface area (Å²) in [4.78, 5) is 6.77. The number of halogens is 1. The zero-order chi connectivity index (χ0) is 18.3. The number of aliphatic imine (C=N–C) groups is 1. The number of rotatable bonds is 7. The molecule has 2 N–H and O–H groups in total. The van der Waals surface area contributed by atoms with Crippen LogP contribution >= 0.6 is 35.7 Å². The van der Waals surface area contributed by atoms with E-state index in [4.69, 9.17) is 4.74 Å². The van der Waals surface area contributed by atoms with Crippen molar-refractivity contribution in [3.63, 3.8) is 0 Å². The Morgan fingerprint density at radius 1 is 1.38 bits per heavy atom. The van der Waals surface area contributed by atoms with Gasteiger partial charge in [-0.25, -0.2) is 0 Å². The van der Waals surface area contributed by atoms with Gasteiger partial charge in [0.15, 0.2) is 5.96 Å². The van der Waals surface area contributed by atoms with Gasteiger partial charge in [0.05, 0.1) is 7.11 Å². The fraction of sp³-hybridized carbons (Fsp3) is 0.632. The van der Waals surface area contributed by atoms with Gasteiger partial charge in [0, 0.05) is 49.7 Å². The second kappa shape index (κ2) is 11.1. The summed E-state index contributed by atoms with van der Waals surface area (Å²) in [6.07, 6.45) is 3.33. The average Bonchev–Trinajstić information content (AvgIpc) is 3.11. The minimum Gasteiger partial charge on any atom is -0.497 e. The van der Waals surface area contributed by atoms with Gasteiger partial charge in [0.2, 0.25) is 0 Å². The molecule has 0 aromatic heterocycles. The molecule has 1 aliphatic heterocycles. The van der Waals surface area contributed by atoms with Gasteiger partial charge in [0.1, 0.15) is 5.75 Å². The molecule has 1 heterocycles. The molecular weight excluding hydrogens is 459 g/mol. The van der Waals surface area contributed by atoms with Crippen molar-refractivity contribution in [2.45, 2.75) is 25.0 Å². The molecule has 26 heavy (non-hydrogen) atoms. The largest absolute Gasteiger partial charge is 0.497 e. The van der Waals surface area contributed by atoms with Gasteiger partial charge in [-0.2, -0.15) is 11.8 Å². The highest BCUT2D eigenvalue weighted by Gasteiger charge is 2.23. The van der Waals surface area contributed by atoms with E-state index in [2.05, 4.69) is 58.8 Å². The minimum absolute atomic E-state index is 0. The third-order valence-corrected chi connectivity index (χ3v) is 5.97. The Bertz CT molecular complexity index is 582. The Labute approximate surface area is 179 Å². The van der Waals surface area contributed by atoms with Gasteiger partial charge in [-0.1, -0.05) is 6.07 Å². The lowest BCUT2D eigenvalue weighted by molar-refractivity contribution is 0.415. The van der Waals surface area contributed by atoms with E-state index >= 15 is 0 Å². The molecule has 0 saturated carbocycles. The molecule has 0 bridgehead atoms. The summed E-state index contributed by atoms with van der Waals surface area (Å²) >= 11 is 1.86. The van der Waals surface area contributed by atoms with E-state index in [1.54, 1.807) is 7.11 Å². The quantitative estimate of drug-likeness (QED) is 0.347. The van der Waals surface area contributed by atoms with E-state index in [0.29, 0.717) is 5.92 Å². The maximum atomic E-state index is 5.33. The number of thioether (sulfide) groups is 1. The van der Waals surface area contributed by atoms with E-state index < -0.39 is 0 Å². The molecule has 0 aliphatic carbocycles. The van der Waals surface area contributed by atoms with Crippen LogP contribution in [0.3, 0.4) is 0 Å². The second-order valence-corrected chi connectivity index (χ2v) is 8.59. The van der Waals surface area contributed by atoms with E-state index in [1.807, 2.05) is 24.9 Å². The van der Waals surface area contributed by atoms with Crippen LogP contribution in [0.2, 0.25) is 0 Å². The van der Waals surface area contributed by atoms with Crippen molar-refractivity contribution in [2.75, 3.05) is 51.5 Å². The standard InChI is InChI=1S/C19H32N4OS.HI/c1-19(2,25-5)14-22-18(20-3)21-12-15-9-10-23(13-15)16-7-6-8-17(11-16)24-4;/h6-8,11,15H,9-10,12-14H2,1-5H3,(H2,20,21,22);1H. The fourth-order valence-electron chi connectivity index (χ4n) is 2.87. The lowest BCUT2D eigenvalue weighted by Crippen LogP contribution is -2.44. The first-order valence-electron chi connectivity index (χ1n) is 8.86. The zero-order valence-electron chi connectivity index (χ0n) is 16.5. The summed E-state index contributed by atoms with van der Waals surface area (Å²) in [7, 11) is 3.55. The first-order chi connectivity index (χ1) is 12.0. The van der Waals surface area contributed by atoms with E-state index in [-0.39, 0.29) is 28.7 Å². The molecule has 5 nitrogen and oxygen atoms in total. The lowest BCUT2D eigenvalue weighted by atomic mass is 10.1. The number of guanidine groups is 1. The van der Waals surface area contributed by atoms with Gasteiger partial charge in [0.25, 0.3) is 0 Å². The fourth-order valence-corrected chi connectivity index (χ4v) is 3.09. The number of anilines is 1. The molecule has 1 atom stereocenters. The monoisotopic (exact) mass is 492 g/mol. The second-order valence-electron chi connectivity index (χ2n) is 7.07. The highest BCUT2D eigenvalue weighted by atomic mass is 127. The van der Waals surface area contributed by atoms with Gasteiger partial charge in [-0.05, 0) is 44.6 Å². The van der Waals surface area contributed by atoms with Gasteiger partial charge in [-0.15, -0.1) is 24.0 Å². The molecule has 1 aromatic carbocycles. The van der Waals surface area contributed by atoms with Crippen LogP contribution in [0.5, 0.6) is 5.75 Å². The van der Waals surface area contributed by atoms with Gasteiger partial charge < -0.3 is 20.3 Å². The maximum absolute atomic E-state index is 5.33. The van der Waals surface area contributed by atoms with Crippen molar-refractivity contribution in [3.05, 3.63) is 24.3 Å². The van der Waals surface area contributed by atoms with Crippen molar-refractivity contribution in [1.82, 2.24) is 10.6 Å². The first kappa shape index (κ1) is 23.2. The molecule has 0 spiro atoms. The van der Waals surface area contributed by atoms with Crippen LogP contribution in [0.4, 0.5) is 5.69 Å². The number of benzene rings is 1. The molecule has 1 aromatic rings. The molecular formula is C19H33IN4OS. The van der Waals surface area contributed by atoms with Crippen LogP contribution in [0.15, 0.2) is 29.3 Å². The minimum atomic E-state index is 0. The zero-order valence-corrected chi connectivity index (χ0v) is 19.7. The highest BCUT2D eigenvalue weighted by Crippen LogP contribution is 2.26. The van der Waals surface area contributed by atoms with Crippen LogP contribution in [0.25, 0.3) is 0 Å². The van der Waals surface area contributed by atoms with Crippen molar-refractivity contribution >= 4 is 47.4 Å². The van der Waals surface area contributed by atoms with Crippen LogP contribution in [0.1, 0.15) is 20.3 Å². The average molecular weight is 492 g/mol. The van der Waals surface area contributed by atoms with Crippen molar-refractivity contribution in [3.8, 4) is 5.75 Å². The molecule has 148 valence electrons. The Hall–Kier alpha value is -0.830. The van der Waals surface area contributed by atoms with Crippen LogP contribution in [0, 0.1) is 5.92 Å². The molecule has 7 heteroatoms. The lowest BCUT2D eigenvalue weighted by Gasteiger charge is -2.24. The first-order valence-corrected chi connectivity index (χ1v) is 10.1. The number of hydrogen-bond acceptors (Lipinski definition) is 4. The SMILES string of the molecule is CN=C(NCC1CCN(c2cccc(OC)c2)C1)NCC(C)(C)SC.I. The number of hydrogen-bond donors (Lipinski definition) is 2. The summed E-state index contributed by atoms with van der Waals surface area (Å²) in [6.45, 7) is 8.47. The Balaban J connectivity index is 0.00000338. The molecule has 1 saturated heterocycles. The number of nitrogens with one attached hydrogen (secondary N) is 2. The molecule has 0 radical (unpaired) electrons. The molecule has 1 aliphatic rings.